The first-order valence-electron chi connectivity index (χ1n) is 6.85. The summed E-state index contributed by atoms with van der Waals surface area (Å²) in [5.41, 5.74) is 11.4. The quantitative estimate of drug-likeness (QED) is 0.662. The third-order valence-corrected chi connectivity index (χ3v) is 3.04. The van der Waals surface area contributed by atoms with Crippen LogP contribution in [0.15, 0.2) is 84.9 Å². The Kier molecular flexibility index (Phi) is 4.03. The zero-order valence-electron chi connectivity index (χ0n) is 11.5. The third kappa shape index (κ3) is 3.54. The molecule has 3 heteroatoms. The molecule has 3 aromatic rings. The summed E-state index contributed by atoms with van der Waals surface area (Å²) in [4.78, 5) is 0. The van der Waals surface area contributed by atoms with E-state index < -0.39 is 0 Å². The molecule has 0 fully saturated rings. The molecule has 0 spiro atoms. The molecule has 21 heavy (non-hydrogen) atoms. The molecule has 0 atom stereocenters. The van der Waals surface area contributed by atoms with Crippen molar-refractivity contribution in [2.45, 2.75) is 0 Å². The van der Waals surface area contributed by atoms with Gasteiger partial charge < -0.3 is 5.32 Å². The van der Waals surface area contributed by atoms with E-state index in [1.807, 2.05) is 84.9 Å². The normalized spacial score (nSPS) is 9.90. The SMILES string of the molecule is c1ccc(N[N]c2ccccc2Nc2ccccc2)cc1. The Morgan fingerprint density at radius 2 is 1.14 bits per heavy atom. The predicted octanol–water partition coefficient (Wildman–Crippen LogP) is 4.69. The minimum absolute atomic E-state index is 0.866. The largest absolute Gasteiger partial charge is 0.354 e. The lowest BCUT2D eigenvalue weighted by Gasteiger charge is -2.12. The smallest absolute Gasteiger partial charge is 0.107 e. The molecule has 3 rings (SSSR count). The number of nitrogens with zero attached hydrogens (tertiary/aromatic N) is 1. The Morgan fingerprint density at radius 3 is 1.86 bits per heavy atom. The predicted molar refractivity (Wildman–Crippen MR) is 88.0 cm³/mol. The van der Waals surface area contributed by atoms with E-state index in [0.717, 1.165) is 22.7 Å². The van der Waals surface area contributed by atoms with E-state index in [1.54, 1.807) is 0 Å². The average molecular weight is 274 g/mol. The Bertz CT molecular complexity index is 681. The van der Waals surface area contributed by atoms with E-state index in [1.165, 1.54) is 0 Å². The van der Waals surface area contributed by atoms with Gasteiger partial charge in [-0.05, 0) is 36.4 Å². The molecule has 0 saturated heterocycles. The third-order valence-electron chi connectivity index (χ3n) is 3.04. The number of rotatable bonds is 5. The number of anilines is 3. The van der Waals surface area contributed by atoms with Crippen molar-refractivity contribution in [3.05, 3.63) is 84.9 Å². The van der Waals surface area contributed by atoms with E-state index in [9.17, 15) is 0 Å². The molecular weight excluding hydrogens is 258 g/mol. The van der Waals surface area contributed by atoms with Gasteiger partial charge in [0.25, 0.3) is 0 Å². The topological polar surface area (TPSA) is 38.2 Å². The number of nitrogens with one attached hydrogen (secondary N) is 2. The van der Waals surface area contributed by atoms with Gasteiger partial charge in [-0.25, -0.2) is 0 Å². The van der Waals surface area contributed by atoms with Crippen molar-refractivity contribution in [3.63, 3.8) is 0 Å². The maximum absolute atomic E-state index is 4.46. The van der Waals surface area contributed by atoms with Gasteiger partial charge in [-0.1, -0.05) is 48.5 Å². The van der Waals surface area contributed by atoms with Gasteiger partial charge in [0.05, 0.1) is 11.4 Å². The molecule has 0 amide bonds. The number of para-hydroxylation sites is 4. The number of hydrogen-bond acceptors (Lipinski definition) is 2. The molecule has 3 nitrogen and oxygen atoms in total. The second-order valence-corrected chi connectivity index (χ2v) is 4.60. The van der Waals surface area contributed by atoms with E-state index in [-0.39, 0.29) is 0 Å². The van der Waals surface area contributed by atoms with Crippen LogP contribution in [0.5, 0.6) is 0 Å². The van der Waals surface area contributed by atoms with Crippen LogP contribution < -0.4 is 16.2 Å². The summed E-state index contributed by atoms with van der Waals surface area (Å²) >= 11 is 0. The van der Waals surface area contributed by atoms with Gasteiger partial charge >= 0.3 is 0 Å². The van der Waals surface area contributed by atoms with Crippen LogP contribution in [-0.2, 0) is 0 Å². The summed E-state index contributed by atoms with van der Waals surface area (Å²) in [7, 11) is 0. The Morgan fingerprint density at radius 1 is 0.571 bits per heavy atom. The lowest BCUT2D eigenvalue weighted by atomic mass is 10.2. The van der Waals surface area contributed by atoms with Crippen LogP contribution >= 0.6 is 0 Å². The van der Waals surface area contributed by atoms with Crippen molar-refractivity contribution >= 4 is 22.7 Å². The summed E-state index contributed by atoms with van der Waals surface area (Å²) in [6, 6.07) is 27.9. The van der Waals surface area contributed by atoms with Gasteiger partial charge in [0.15, 0.2) is 0 Å². The Labute approximate surface area is 124 Å². The summed E-state index contributed by atoms with van der Waals surface area (Å²) in [5.74, 6) is 0. The first-order chi connectivity index (χ1) is 10.4. The van der Waals surface area contributed by atoms with Crippen molar-refractivity contribution in [3.8, 4) is 0 Å². The van der Waals surface area contributed by atoms with Crippen LogP contribution in [0.4, 0.5) is 22.7 Å². The highest BCUT2D eigenvalue weighted by Crippen LogP contribution is 2.25. The molecule has 103 valence electrons. The van der Waals surface area contributed by atoms with Crippen molar-refractivity contribution in [1.82, 2.24) is 5.43 Å². The van der Waals surface area contributed by atoms with Gasteiger partial charge in [-0.2, -0.15) is 5.43 Å². The van der Waals surface area contributed by atoms with Gasteiger partial charge in [-0.15, -0.1) is 0 Å². The van der Waals surface area contributed by atoms with Crippen LogP contribution in [0.3, 0.4) is 0 Å². The van der Waals surface area contributed by atoms with Crippen LogP contribution in [0.1, 0.15) is 0 Å². The van der Waals surface area contributed by atoms with Crippen LogP contribution in [-0.4, -0.2) is 0 Å². The van der Waals surface area contributed by atoms with E-state index in [2.05, 4.69) is 16.2 Å². The fourth-order valence-corrected chi connectivity index (χ4v) is 1.99. The summed E-state index contributed by atoms with van der Waals surface area (Å²) in [6.07, 6.45) is 0. The molecule has 1 radical (unpaired) electrons. The molecule has 2 N–H and O–H groups in total. The second kappa shape index (κ2) is 6.48. The van der Waals surface area contributed by atoms with Crippen LogP contribution in [0.2, 0.25) is 0 Å². The van der Waals surface area contributed by atoms with E-state index in [0.29, 0.717) is 0 Å². The van der Waals surface area contributed by atoms with Crippen molar-refractivity contribution in [2.24, 2.45) is 0 Å². The summed E-state index contributed by atoms with van der Waals surface area (Å²) in [6.45, 7) is 0. The molecular formula is C18H16N3. The fourth-order valence-electron chi connectivity index (χ4n) is 1.99. The minimum atomic E-state index is 0.866. The fraction of sp³-hybridized carbons (Fsp3) is 0. The first kappa shape index (κ1) is 13.1. The van der Waals surface area contributed by atoms with Gasteiger partial charge in [-0.3, -0.25) is 5.43 Å². The minimum Gasteiger partial charge on any atom is -0.354 e. The molecule has 0 unspecified atom stereocenters. The molecule has 0 saturated carbocycles. The maximum atomic E-state index is 4.46. The van der Waals surface area contributed by atoms with E-state index in [4.69, 9.17) is 0 Å². The van der Waals surface area contributed by atoms with Gasteiger partial charge in [0.2, 0.25) is 0 Å². The van der Waals surface area contributed by atoms with Crippen LogP contribution in [0, 0.1) is 0 Å². The first-order valence-corrected chi connectivity index (χ1v) is 6.85. The highest BCUT2D eigenvalue weighted by atomic mass is 15.4. The highest BCUT2D eigenvalue weighted by molar-refractivity contribution is 5.72. The Balaban J connectivity index is 1.73. The standard InChI is InChI=1S/C18H16N3/c1-3-9-15(10-4-1)19-17-13-7-8-14-18(17)21-20-16-11-5-2-6-12-16/h1-14,19-20H. The van der Waals surface area contributed by atoms with Crippen molar-refractivity contribution in [1.29, 1.82) is 0 Å². The number of hydrogen-bond donors (Lipinski definition) is 2. The number of benzene rings is 3. The summed E-state index contributed by atoms with van der Waals surface area (Å²) < 4.78 is 0. The molecule has 3 aromatic carbocycles. The second-order valence-electron chi connectivity index (χ2n) is 4.60. The zero-order valence-corrected chi connectivity index (χ0v) is 11.5. The van der Waals surface area contributed by atoms with Gasteiger partial charge in [0, 0.05) is 5.69 Å². The van der Waals surface area contributed by atoms with Gasteiger partial charge in [0.1, 0.15) is 5.69 Å². The molecule has 0 aliphatic rings. The maximum Gasteiger partial charge on any atom is 0.107 e. The molecule has 0 heterocycles. The van der Waals surface area contributed by atoms with E-state index >= 15 is 0 Å². The highest BCUT2D eigenvalue weighted by Gasteiger charge is 2.03. The lowest BCUT2D eigenvalue weighted by molar-refractivity contribution is 1.05. The monoisotopic (exact) mass is 274 g/mol. The van der Waals surface area contributed by atoms with Crippen molar-refractivity contribution in [2.75, 3.05) is 10.7 Å². The molecule has 0 aliphatic carbocycles. The Hall–Kier alpha value is -2.94. The average Bonchev–Trinajstić information content (AvgIpc) is 2.56. The zero-order chi connectivity index (χ0) is 14.3. The molecule has 0 bridgehead atoms. The summed E-state index contributed by atoms with van der Waals surface area (Å²) in [5, 5.41) is 3.38. The lowest BCUT2D eigenvalue weighted by Crippen LogP contribution is -2.08. The van der Waals surface area contributed by atoms with Crippen LogP contribution in [0.25, 0.3) is 0 Å². The van der Waals surface area contributed by atoms with Crippen molar-refractivity contribution < 1.29 is 0 Å². The molecule has 0 aromatic heterocycles. The molecule has 0 aliphatic heterocycles.